The molecule has 0 radical (unpaired) electrons. The Hall–Kier alpha value is -2.63. The SMILES string of the molecule is Cc1cc(-c2ccc(N=Nc3c(N)c(S(=O)(=O)[O-])cc4cc(S(=O)(=O)[O-])ccc34)c(C)c2)ccc1N=Nc1c(S(=O)(=O)[O-])cc2ccccc2c1N.[Na+].[Na+].[Na+]. The minimum atomic E-state index is -5.12. The van der Waals surface area contributed by atoms with Crippen molar-refractivity contribution in [2.75, 3.05) is 11.5 Å². The molecular formula is C34H25N6Na3O9S3. The molecule has 0 unspecified atom stereocenters. The Balaban J connectivity index is 0.00000271. The molecule has 0 heterocycles. The summed E-state index contributed by atoms with van der Waals surface area (Å²) in [4.78, 5) is -2.08. The molecule has 266 valence electrons. The zero-order valence-electron chi connectivity index (χ0n) is 30.0. The van der Waals surface area contributed by atoms with Crippen molar-refractivity contribution in [1.82, 2.24) is 0 Å². The fourth-order valence-electron chi connectivity index (χ4n) is 5.56. The number of aryl methyl sites for hydroxylation is 2. The van der Waals surface area contributed by atoms with Crippen LogP contribution in [0, 0.1) is 13.8 Å². The largest absolute Gasteiger partial charge is 1.00 e. The molecule has 6 aromatic carbocycles. The van der Waals surface area contributed by atoms with Gasteiger partial charge in [0.2, 0.25) is 0 Å². The normalized spacial score (nSPS) is 12.1. The van der Waals surface area contributed by atoms with Gasteiger partial charge in [-0.15, -0.1) is 10.2 Å². The number of rotatable bonds is 8. The Morgan fingerprint density at radius 2 is 1.00 bits per heavy atom. The van der Waals surface area contributed by atoms with Gasteiger partial charge in [-0.1, -0.05) is 42.5 Å². The average Bonchev–Trinajstić information content (AvgIpc) is 3.06. The van der Waals surface area contributed by atoms with E-state index >= 15 is 0 Å². The zero-order chi connectivity index (χ0) is 37.7. The van der Waals surface area contributed by atoms with Crippen LogP contribution in [-0.2, 0) is 30.4 Å². The Morgan fingerprint density at radius 3 is 1.51 bits per heavy atom. The number of nitrogens with zero attached hydrogens (tertiary/aromatic N) is 4. The van der Waals surface area contributed by atoms with E-state index in [1.54, 1.807) is 68.4 Å². The van der Waals surface area contributed by atoms with E-state index in [4.69, 9.17) is 11.5 Å². The Kier molecular flexibility index (Phi) is 15.2. The molecule has 0 aliphatic carbocycles. The number of anilines is 2. The minimum absolute atomic E-state index is 0. The molecule has 4 N–H and O–H groups in total. The first-order chi connectivity index (χ1) is 24.3. The molecule has 0 saturated heterocycles. The van der Waals surface area contributed by atoms with Gasteiger partial charge in [0.1, 0.15) is 41.7 Å². The van der Waals surface area contributed by atoms with Crippen molar-refractivity contribution in [2.24, 2.45) is 20.5 Å². The number of fused-ring (bicyclic) bond motifs is 2. The third-order valence-corrected chi connectivity index (χ3v) is 10.7. The molecule has 0 aliphatic rings. The van der Waals surface area contributed by atoms with Gasteiger partial charge in [0.25, 0.3) is 0 Å². The molecule has 0 fully saturated rings. The maximum Gasteiger partial charge on any atom is 1.00 e. The summed E-state index contributed by atoms with van der Waals surface area (Å²) in [7, 11) is -15.0. The molecule has 0 atom stereocenters. The topological polar surface area (TPSA) is 273 Å². The average molecular weight is 827 g/mol. The van der Waals surface area contributed by atoms with E-state index in [-0.39, 0.29) is 117 Å². The van der Waals surface area contributed by atoms with E-state index in [1.807, 2.05) is 6.07 Å². The van der Waals surface area contributed by atoms with E-state index < -0.39 is 50.7 Å². The summed E-state index contributed by atoms with van der Waals surface area (Å²) < 4.78 is 107. The predicted octanol–water partition coefficient (Wildman–Crippen LogP) is -2.00. The van der Waals surface area contributed by atoms with Crippen molar-refractivity contribution in [3.05, 3.63) is 102 Å². The third-order valence-electron chi connectivity index (χ3n) is 8.18. The van der Waals surface area contributed by atoms with Crippen LogP contribution >= 0.6 is 0 Å². The Labute approximate surface area is 382 Å². The van der Waals surface area contributed by atoms with E-state index in [1.165, 1.54) is 12.1 Å². The maximum atomic E-state index is 12.1. The van der Waals surface area contributed by atoms with Crippen LogP contribution in [0.3, 0.4) is 0 Å². The maximum absolute atomic E-state index is 12.1. The van der Waals surface area contributed by atoms with Crippen LogP contribution in [0.2, 0.25) is 0 Å². The van der Waals surface area contributed by atoms with Crippen LogP contribution in [0.5, 0.6) is 0 Å². The molecule has 6 aromatic rings. The molecule has 0 bridgehead atoms. The van der Waals surface area contributed by atoms with Crippen LogP contribution in [0.1, 0.15) is 11.1 Å². The third kappa shape index (κ3) is 10.1. The number of nitrogen functional groups attached to an aromatic ring is 2. The van der Waals surface area contributed by atoms with E-state index in [9.17, 15) is 38.9 Å². The van der Waals surface area contributed by atoms with Gasteiger partial charge in [-0.05, 0) is 95.4 Å². The van der Waals surface area contributed by atoms with Crippen molar-refractivity contribution in [3.63, 3.8) is 0 Å². The molecule has 0 saturated carbocycles. The minimum Gasteiger partial charge on any atom is -0.744 e. The van der Waals surface area contributed by atoms with Crippen LogP contribution < -0.4 is 100 Å². The Morgan fingerprint density at radius 1 is 0.491 bits per heavy atom. The zero-order valence-corrected chi connectivity index (χ0v) is 38.5. The van der Waals surface area contributed by atoms with E-state index in [2.05, 4.69) is 20.5 Å². The van der Waals surface area contributed by atoms with Gasteiger partial charge in [-0.3, -0.25) is 0 Å². The molecule has 0 aliphatic heterocycles. The second kappa shape index (κ2) is 17.9. The molecule has 0 spiro atoms. The summed E-state index contributed by atoms with van der Waals surface area (Å²) in [5.41, 5.74) is 14.9. The molecule has 0 amide bonds. The van der Waals surface area contributed by atoms with Crippen LogP contribution in [0.25, 0.3) is 32.7 Å². The number of hydrogen-bond donors (Lipinski definition) is 2. The molecule has 15 nitrogen and oxygen atoms in total. The number of hydrogen-bond acceptors (Lipinski definition) is 15. The number of benzene rings is 6. The second-order valence-corrected chi connectivity index (χ2v) is 15.7. The summed E-state index contributed by atoms with van der Waals surface area (Å²) >= 11 is 0. The van der Waals surface area contributed by atoms with Crippen LogP contribution in [0.15, 0.2) is 126 Å². The quantitative estimate of drug-likeness (QED) is 0.0733. The first-order valence-electron chi connectivity index (χ1n) is 14.9. The second-order valence-electron chi connectivity index (χ2n) is 11.6. The van der Waals surface area contributed by atoms with Crippen molar-refractivity contribution >= 4 is 86.0 Å². The summed E-state index contributed by atoms with van der Waals surface area (Å²) in [5.74, 6) is 0. The monoisotopic (exact) mass is 826 g/mol. The van der Waals surface area contributed by atoms with Crippen molar-refractivity contribution in [2.45, 2.75) is 28.5 Å². The smallest absolute Gasteiger partial charge is 0.744 e. The molecule has 21 heteroatoms. The van der Waals surface area contributed by atoms with Gasteiger partial charge < -0.3 is 25.1 Å². The fraction of sp³-hybridized carbons (Fsp3) is 0.0588. The van der Waals surface area contributed by atoms with Gasteiger partial charge in [0.15, 0.2) is 0 Å². The van der Waals surface area contributed by atoms with E-state index in [0.29, 0.717) is 33.3 Å². The van der Waals surface area contributed by atoms with Gasteiger partial charge in [0.05, 0.1) is 37.4 Å². The van der Waals surface area contributed by atoms with Crippen molar-refractivity contribution < 1.29 is 128 Å². The summed E-state index contributed by atoms with van der Waals surface area (Å²) in [5, 5.41) is 17.7. The number of nitrogens with two attached hydrogens (primary N) is 2. The molecule has 6 rings (SSSR count). The van der Waals surface area contributed by atoms with Gasteiger partial charge >= 0.3 is 88.7 Å². The first-order valence-corrected chi connectivity index (χ1v) is 19.2. The predicted molar refractivity (Wildman–Crippen MR) is 190 cm³/mol. The Bertz CT molecular complexity index is 2890. The fourth-order valence-corrected chi connectivity index (χ4v) is 7.36. The van der Waals surface area contributed by atoms with Crippen molar-refractivity contribution in [3.8, 4) is 11.1 Å². The molecular weight excluding hydrogens is 802 g/mol. The summed E-state index contributed by atoms with van der Waals surface area (Å²) in [6, 6.07) is 22.4. The van der Waals surface area contributed by atoms with Crippen LogP contribution in [0.4, 0.5) is 34.1 Å². The van der Waals surface area contributed by atoms with Crippen LogP contribution in [-0.4, -0.2) is 38.9 Å². The van der Waals surface area contributed by atoms with Crippen molar-refractivity contribution in [1.29, 1.82) is 0 Å². The first kappa shape index (κ1) is 46.8. The molecule has 0 aromatic heterocycles. The number of azo groups is 2. The van der Waals surface area contributed by atoms with Gasteiger partial charge in [-0.2, -0.15) is 10.2 Å². The van der Waals surface area contributed by atoms with Gasteiger partial charge in [0, 0.05) is 10.8 Å². The van der Waals surface area contributed by atoms with E-state index in [0.717, 1.165) is 29.3 Å². The standard InChI is InChI=1S/C34H28N6O9S3.3Na/c1-18-13-20(7-11-27(18)37-39-33-26-10-9-24(50(41,42)43)15-23(26)17-29(32(33)36)51(44,45)46)21-8-12-28(19(2)14-21)38-40-34-30(52(47,48)49)16-22-5-3-4-6-25(22)31(34)35;;;/h3-17H,35-36H2,1-2H3,(H,41,42,43)(H,44,45,46)(H,47,48,49);;;/q;3*+1/p-3. The summed E-state index contributed by atoms with van der Waals surface area (Å²) in [6.07, 6.45) is 0. The molecule has 55 heavy (non-hydrogen) atoms. The van der Waals surface area contributed by atoms with Gasteiger partial charge in [-0.25, -0.2) is 25.3 Å². The summed E-state index contributed by atoms with van der Waals surface area (Å²) in [6.45, 7) is 3.51.